The Morgan fingerprint density at radius 3 is 2.82 bits per heavy atom. The van der Waals surface area contributed by atoms with Gasteiger partial charge in [-0.05, 0) is 35.2 Å². The minimum Gasteiger partial charge on any atom is -0.338 e. The fourth-order valence-corrected chi connectivity index (χ4v) is 3.34. The van der Waals surface area contributed by atoms with Crippen LogP contribution in [-0.4, -0.2) is 29.3 Å². The van der Waals surface area contributed by atoms with Gasteiger partial charge in [0.2, 0.25) is 5.91 Å². The summed E-state index contributed by atoms with van der Waals surface area (Å²) in [5, 5.41) is 4.06. The van der Waals surface area contributed by atoms with E-state index in [4.69, 9.17) is 11.6 Å². The third kappa shape index (κ3) is 3.46. The highest BCUT2D eigenvalue weighted by atomic mass is 35.5. The number of rotatable bonds is 5. The molecule has 2 nitrogen and oxygen atoms in total. The Morgan fingerprint density at radius 1 is 1.47 bits per heavy atom. The smallest absolute Gasteiger partial charge is 0.227 e. The predicted molar refractivity (Wildman–Crippen MR) is 72.7 cm³/mol. The second-order valence-corrected chi connectivity index (χ2v) is 5.68. The van der Waals surface area contributed by atoms with Gasteiger partial charge in [-0.3, -0.25) is 4.79 Å². The van der Waals surface area contributed by atoms with Gasteiger partial charge in [0.05, 0.1) is 6.42 Å². The third-order valence-electron chi connectivity index (χ3n) is 3.35. The summed E-state index contributed by atoms with van der Waals surface area (Å²) in [5.41, 5.74) is 1.12. The zero-order valence-electron chi connectivity index (χ0n) is 9.90. The molecule has 1 heterocycles. The Kier molecular flexibility index (Phi) is 4.86. The van der Waals surface area contributed by atoms with Crippen LogP contribution in [0.2, 0.25) is 0 Å². The van der Waals surface area contributed by atoms with Crippen molar-refractivity contribution in [3.05, 3.63) is 22.4 Å². The second-order valence-electron chi connectivity index (χ2n) is 4.52. The largest absolute Gasteiger partial charge is 0.338 e. The number of halogens is 1. The molecule has 1 aliphatic carbocycles. The van der Waals surface area contributed by atoms with Crippen LogP contribution < -0.4 is 0 Å². The van der Waals surface area contributed by atoms with E-state index in [-0.39, 0.29) is 5.91 Å². The first-order valence-corrected chi connectivity index (χ1v) is 7.65. The van der Waals surface area contributed by atoms with E-state index < -0.39 is 0 Å². The van der Waals surface area contributed by atoms with Gasteiger partial charge in [0.15, 0.2) is 0 Å². The highest BCUT2D eigenvalue weighted by molar-refractivity contribution is 7.07. The van der Waals surface area contributed by atoms with Crippen LogP contribution in [-0.2, 0) is 11.2 Å². The molecule has 17 heavy (non-hydrogen) atoms. The molecule has 0 N–H and O–H groups in total. The van der Waals surface area contributed by atoms with Crippen molar-refractivity contribution >= 4 is 28.8 Å². The van der Waals surface area contributed by atoms with E-state index in [9.17, 15) is 4.79 Å². The summed E-state index contributed by atoms with van der Waals surface area (Å²) < 4.78 is 0. The fraction of sp³-hybridized carbons (Fsp3) is 0.615. The lowest BCUT2D eigenvalue weighted by atomic mass is 10.1. The first kappa shape index (κ1) is 12.9. The summed E-state index contributed by atoms with van der Waals surface area (Å²) in [4.78, 5) is 14.3. The van der Waals surface area contributed by atoms with E-state index in [0.717, 1.165) is 18.4 Å². The summed E-state index contributed by atoms with van der Waals surface area (Å²) in [6, 6.07) is 2.45. The summed E-state index contributed by atoms with van der Waals surface area (Å²) in [6.07, 6.45) is 5.31. The average Bonchev–Trinajstić information content (AvgIpc) is 2.97. The molecule has 0 aromatic carbocycles. The standard InChI is InChI=1S/C13H18ClNOS/c14-6-7-15(12-3-1-2-4-12)13(16)9-11-5-8-17-10-11/h5,8,10,12H,1-4,6-7,9H2. The lowest BCUT2D eigenvalue weighted by Gasteiger charge is -2.28. The number of nitrogens with zero attached hydrogens (tertiary/aromatic N) is 1. The normalized spacial score (nSPS) is 16.3. The second kappa shape index (κ2) is 6.41. The molecule has 94 valence electrons. The Labute approximate surface area is 112 Å². The summed E-state index contributed by atoms with van der Waals surface area (Å²) in [5.74, 6) is 0.766. The van der Waals surface area contributed by atoms with Crippen LogP contribution in [0.15, 0.2) is 16.8 Å². The average molecular weight is 272 g/mol. The number of carbonyl (C=O) groups excluding carboxylic acids is 1. The molecule has 0 spiro atoms. The maximum absolute atomic E-state index is 12.3. The van der Waals surface area contributed by atoms with Crippen molar-refractivity contribution in [1.82, 2.24) is 4.90 Å². The molecular weight excluding hydrogens is 254 g/mol. The molecular formula is C13H18ClNOS. The van der Waals surface area contributed by atoms with E-state index in [1.807, 2.05) is 21.7 Å². The van der Waals surface area contributed by atoms with Crippen LogP contribution in [0.25, 0.3) is 0 Å². The molecule has 1 amide bonds. The van der Waals surface area contributed by atoms with E-state index in [1.165, 1.54) is 12.8 Å². The summed E-state index contributed by atoms with van der Waals surface area (Å²) in [6.45, 7) is 0.690. The van der Waals surface area contributed by atoms with Crippen LogP contribution in [0.3, 0.4) is 0 Å². The molecule has 0 radical (unpaired) electrons. The van der Waals surface area contributed by atoms with E-state index in [0.29, 0.717) is 24.9 Å². The van der Waals surface area contributed by atoms with Crippen LogP contribution in [0.1, 0.15) is 31.2 Å². The van der Waals surface area contributed by atoms with E-state index in [2.05, 4.69) is 0 Å². The highest BCUT2D eigenvalue weighted by Crippen LogP contribution is 2.24. The Morgan fingerprint density at radius 2 is 2.24 bits per heavy atom. The van der Waals surface area contributed by atoms with Crippen molar-refractivity contribution in [2.45, 2.75) is 38.1 Å². The Bertz CT molecular complexity index is 346. The lowest BCUT2D eigenvalue weighted by molar-refractivity contribution is -0.132. The summed E-state index contributed by atoms with van der Waals surface area (Å²) in [7, 11) is 0. The number of alkyl halides is 1. The van der Waals surface area contributed by atoms with Crippen LogP contribution >= 0.6 is 22.9 Å². The zero-order valence-corrected chi connectivity index (χ0v) is 11.5. The fourth-order valence-electron chi connectivity index (χ4n) is 2.49. The highest BCUT2D eigenvalue weighted by Gasteiger charge is 2.25. The SMILES string of the molecule is O=C(Cc1ccsc1)N(CCCl)C1CCCC1. The molecule has 1 aromatic heterocycles. The number of thiophene rings is 1. The number of carbonyl (C=O) groups is 1. The first-order chi connectivity index (χ1) is 8.31. The van der Waals surface area contributed by atoms with Crippen molar-refractivity contribution in [1.29, 1.82) is 0 Å². The van der Waals surface area contributed by atoms with Gasteiger partial charge in [0.25, 0.3) is 0 Å². The van der Waals surface area contributed by atoms with Gasteiger partial charge in [0.1, 0.15) is 0 Å². The third-order valence-corrected chi connectivity index (χ3v) is 4.25. The van der Waals surface area contributed by atoms with Gasteiger partial charge in [-0.2, -0.15) is 11.3 Å². The van der Waals surface area contributed by atoms with Crippen molar-refractivity contribution in [2.75, 3.05) is 12.4 Å². The van der Waals surface area contributed by atoms with Crippen molar-refractivity contribution in [2.24, 2.45) is 0 Å². The van der Waals surface area contributed by atoms with Crippen molar-refractivity contribution in [3.63, 3.8) is 0 Å². The van der Waals surface area contributed by atoms with Gasteiger partial charge >= 0.3 is 0 Å². The molecule has 2 rings (SSSR count). The number of amides is 1. The molecule has 0 atom stereocenters. The monoisotopic (exact) mass is 271 g/mol. The van der Waals surface area contributed by atoms with Crippen LogP contribution in [0.4, 0.5) is 0 Å². The maximum Gasteiger partial charge on any atom is 0.227 e. The minimum absolute atomic E-state index is 0.232. The van der Waals surface area contributed by atoms with Crippen LogP contribution in [0, 0.1) is 0 Å². The van der Waals surface area contributed by atoms with Crippen molar-refractivity contribution in [3.8, 4) is 0 Å². The van der Waals surface area contributed by atoms with Gasteiger partial charge < -0.3 is 4.90 Å². The van der Waals surface area contributed by atoms with Gasteiger partial charge in [-0.25, -0.2) is 0 Å². The maximum atomic E-state index is 12.3. The summed E-state index contributed by atoms with van der Waals surface area (Å²) >= 11 is 7.45. The van der Waals surface area contributed by atoms with Crippen LogP contribution in [0.5, 0.6) is 0 Å². The zero-order chi connectivity index (χ0) is 12.1. The molecule has 1 aliphatic rings. The molecule has 0 bridgehead atoms. The van der Waals surface area contributed by atoms with Crippen molar-refractivity contribution < 1.29 is 4.79 Å². The molecule has 0 saturated heterocycles. The molecule has 0 unspecified atom stereocenters. The molecule has 1 fully saturated rings. The topological polar surface area (TPSA) is 20.3 Å². The van der Waals surface area contributed by atoms with Gasteiger partial charge in [-0.15, -0.1) is 11.6 Å². The quantitative estimate of drug-likeness (QED) is 0.753. The van der Waals surface area contributed by atoms with Gasteiger partial charge in [-0.1, -0.05) is 12.8 Å². The predicted octanol–water partition coefficient (Wildman–Crippen LogP) is 3.30. The van der Waals surface area contributed by atoms with Gasteiger partial charge in [0, 0.05) is 18.5 Å². The molecule has 0 aliphatic heterocycles. The Balaban J connectivity index is 1.97. The first-order valence-electron chi connectivity index (χ1n) is 6.18. The molecule has 1 saturated carbocycles. The number of hydrogen-bond acceptors (Lipinski definition) is 2. The Hall–Kier alpha value is -0.540. The van der Waals surface area contributed by atoms with E-state index in [1.54, 1.807) is 11.3 Å². The van der Waals surface area contributed by atoms with E-state index >= 15 is 0 Å². The molecule has 1 aromatic rings. The number of hydrogen-bond donors (Lipinski definition) is 0. The lowest BCUT2D eigenvalue weighted by Crippen LogP contribution is -2.41. The molecule has 4 heteroatoms. The minimum atomic E-state index is 0.232.